The number of allylic oxidation sites excluding steroid dienone is 2. The molecule has 1 amide bonds. The van der Waals surface area contributed by atoms with Crippen molar-refractivity contribution in [3.63, 3.8) is 0 Å². The van der Waals surface area contributed by atoms with E-state index in [9.17, 15) is 9.59 Å². The van der Waals surface area contributed by atoms with Crippen LogP contribution < -0.4 is 4.74 Å². The number of piperidine rings is 1. The third kappa shape index (κ3) is 3.91. The molecule has 4 rings (SSSR count). The van der Waals surface area contributed by atoms with Gasteiger partial charge in [-0.1, -0.05) is 49.1 Å². The highest BCUT2D eigenvalue weighted by Crippen LogP contribution is 2.40. The van der Waals surface area contributed by atoms with E-state index < -0.39 is 5.92 Å². The predicted octanol–water partition coefficient (Wildman–Crippen LogP) is 4.62. The molecule has 1 heterocycles. The number of benzene rings is 1. The zero-order valence-corrected chi connectivity index (χ0v) is 16.2. The van der Waals surface area contributed by atoms with Crippen LogP contribution in [-0.4, -0.2) is 29.4 Å². The zero-order valence-electron chi connectivity index (χ0n) is 15.5. The monoisotopic (exact) mass is 387 g/mol. The van der Waals surface area contributed by atoms with Crippen LogP contribution in [0.2, 0.25) is 5.02 Å². The molecule has 144 valence electrons. The Morgan fingerprint density at radius 1 is 1.15 bits per heavy atom. The van der Waals surface area contributed by atoms with Crippen LogP contribution in [0.5, 0.6) is 5.75 Å². The number of ether oxygens (including phenoxy) is 1. The highest BCUT2D eigenvalue weighted by molar-refractivity contribution is 6.30. The molecule has 2 aliphatic carbocycles. The molecular weight excluding hydrogens is 362 g/mol. The van der Waals surface area contributed by atoms with Gasteiger partial charge in [0.25, 0.3) is 0 Å². The van der Waals surface area contributed by atoms with Gasteiger partial charge in [-0.05, 0) is 49.8 Å². The van der Waals surface area contributed by atoms with Crippen LogP contribution in [0.15, 0.2) is 36.4 Å². The average Bonchev–Trinajstić information content (AvgIpc) is 2.68. The number of hydrogen-bond acceptors (Lipinski definition) is 3. The summed E-state index contributed by atoms with van der Waals surface area (Å²) in [7, 11) is 0. The molecule has 0 spiro atoms. The fourth-order valence-corrected chi connectivity index (χ4v) is 5.09. The van der Waals surface area contributed by atoms with E-state index in [2.05, 4.69) is 11.0 Å². The molecular formula is C22H26ClNO3. The minimum atomic E-state index is -0.419. The second-order valence-corrected chi connectivity index (χ2v) is 8.39. The fraction of sp³-hybridized carbons (Fsp3) is 0.545. The largest absolute Gasteiger partial charge is 0.426 e. The lowest BCUT2D eigenvalue weighted by Gasteiger charge is -2.45. The first-order chi connectivity index (χ1) is 13.1. The van der Waals surface area contributed by atoms with Crippen LogP contribution in [0.4, 0.5) is 0 Å². The zero-order chi connectivity index (χ0) is 18.8. The Morgan fingerprint density at radius 2 is 1.96 bits per heavy atom. The van der Waals surface area contributed by atoms with E-state index in [-0.39, 0.29) is 23.7 Å². The molecule has 5 heteroatoms. The summed E-state index contributed by atoms with van der Waals surface area (Å²) in [6, 6.07) is 7.20. The van der Waals surface area contributed by atoms with Crippen LogP contribution in [-0.2, 0) is 9.59 Å². The minimum absolute atomic E-state index is 0.142. The Hall–Kier alpha value is -1.81. The van der Waals surface area contributed by atoms with Crippen LogP contribution >= 0.6 is 11.6 Å². The Labute approximate surface area is 165 Å². The van der Waals surface area contributed by atoms with Gasteiger partial charge in [-0.15, -0.1) is 0 Å². The summed E-state index contributed by atoms with van der Waals surface area (Å²) in [6.07, 6.45) is 11.5. The maximum absolute atomic E-state index is 13.3. The second kappa shape index (κ2) is 8.05. The molecule has 1 aliphatic heterocycles. The Morgan fingerprint density at radius 3 is 2.74 bits per heavy atom. The summed E-state index contributed by atoms with van der Waals surface area (Å²) in [5.74, 6) is -0.310. The van der Waals surface area contributed by atoms with E-state index in [0.29, 0.717) is 23.2 Å². The van der Waals surface area contributed by atoms with E-state index in [1.807, 2.05) is 6.08 Å². The topological polar surface area (TPSA) is 46.6 Å². The molecule has 3 atom stereocenters. The Balaban J connectivity index is 1.51. The maximum Gasteiger partial charge on any atom is 0.315 e. The van der Waals surface area contributed by atoms with Crippen molar-refractivity contribution in [2.45, 2.75) is 51.0 Å². The molecule has 2 fully saturated rings. The van der Waals surface area contributed by atoms with Gasteiger partial charge in [0.1, 0.15) is 5.75 Å². The molecule has 0 radical (unpaired) electrons. The molecule has 4 nitrogen and oxygen atoms in total. The number of rotatable bonds is 3. The van der Waals surface area contributed by atoms with Gasteiger partial charge in [-0.25, -0.2) is 0 Å². The number of halogens is 1. The van der Waals surface area contributed by atoms with Crippen molar-refractivity contribution in [2.24, 2.45) is 17.8 Å². The summed E-state index contributed by atoms with van der Waals surface area (Å²) in [5.41, 5.74) is 0. The van der Waals surface area contributed by atoms with Crippen LogP contribution in [0.1, 0.15) is 44.9 Å². The van der Waals surface area contributed by atoms with Crippen molar-refractivity contribution >= 4 is 23.5 Å². The molecule has 3 aliphatic rings. The minimum Gasteiger partial charge on any atom is -0.426 e. The Bertz CT molecular complexity index is 741. The number of hydrogen-bond donors (Lipinski definition) is 0. The highest BCUT2D eigenvalue weighted by atomic mass is 35.5. The van der Waals surface area contributed by atoms with Crippen molar-refractivity contribution in [1.82, 2.24) is 4.90 Å². The van der Waals surface area contributed by atoms with Crippen molar-refractivity contribution in [2.75, 3.05) is 6.54 Å². The van der Waals surface area contributed by atoms with Gasteiger partial charge < -0.3 is 9.64 Å². The summed E-state index contributed by atoms with van der Waals surface area (Å²) in [6.45, 7) is 0.811. The predicted molar refractivity (Wildman–Crippen MR) is 105 cm³/mol. The van der Waals surface area contributed by atoms with Gasteiger partial charge in [0, 0.05) is 17.6 Å². The summed E-state index contributed by atoms with van der Waals surface area (Å²) < 4.78 is 5.58. The van der Waals surface area contributed by atoms with Crippen molar-refractivity contribution in [3.8, 4) is 5.75 Å². The Kier molecular flexibility index (Phi) is 5.53. The average molecular weight is 388 g/mol. The SMILES string of the molecule is O=C(Oc1cccc(Cl)c1)[C@H]1CC=C[C@H]2CCN(C3CCCCC3)C(=O)[C@@H]12. The number of likely N-dealkylation sites (tertiary alicyclic amines) is 1. The second-order valence-electron chi connectivity index (χ2n) is 7.95. The van der Waals surface area contributed by atoms with Gasteiger partial charge in [-0.3, -0.25) is 9.59 Å². The quantitative estimate of drug-likeness (QED) is 0.432. The first-order valence-corrected chi connectivity index (χ1v) is 10.5. The maximum atomic E-state index is 13.3. The standard InChI is InChI=1S/C22H26ClNO3/c23-16-7-5-10-18(14-16)27-22(26)19-11-4-6-15-12-13-24(21(25)20(15)19)17-8-2-1-3-9-17/h4-7,10,14-15,17,19-20H,1-3,8-9,11-13H2/t15-,19-,20+/m0/s1. The lowest BCUT2D eigenvalue weighted by Crippen LogP contribution is -2.54. The molecule has 0 unspecified atom stereocenters. The molecule has 1 aromatic carbocycles. The van der Waals surface area contributed by atoms with Gasteiger partial charge in [0.2, 0.25) is 5.91 Å². The van der Waals surface area contributed by atoms with E-state index in [1.54, 1.807) is 24.3 Å². The highest BCUT2D eigenvalue weighted by Gasteiger charge is 2.46. The van der Waals surface area contributed by atoms with Crippen LogP contribution in [0.25, 0.3) is 0 Å². The van der Waals surface area contributed by atoms with Crippen LogP contribution in [0.3, 0.4) is 0 Å². The molecule has 0 aromatic heterocycles. The van der Waals surface area contributed by atoms with Crippen LogP contribution in [0, 0.1) is 17.8 Å². The molecule has 27 heavy (non-hydrogen) atoms. The number of nitrogens with zero attached hydrogens (tertiary/aromatic N) is 1. The molecule has 1 saturated carbocycles. The summed E-state index contributed by atoms with van der Waals surface area (Å²) >= 11 is 5.99. The third-order valence-corrected chi connectivity index (χ3v) is 6.51. The van der Waals surface area contributed by atoms with Crippen molar-refractivity contribution in [1.29, 1.82) is 0 Å². The summed E-state index contributed by atoms with van der Waals surface area (Å²) in [5, 5.41) is 0.527. The number of amides is 1. The van der Waals surface area contributed by atoms with E-state index in [4.69, 9.17) is 16.3 Å². The summed E-state index contributed by atoms with van der Waals surface area (Å²) in [4.78, 5) is 28.3. The molecule has 0 N–H and O–H groups in total. The van der Waals surface area contributed by atoms with Gasteiger partial charge >= 0.3 is 5.97 Å². The lowest BCUT2D eigenvalue weighted by molar-refractivity contribution is -0.155. The smallest absolute Gasteiger partial charge is 0.315 e. The third-order valence-electron chi connectivity index (χ3n) is 6.27. The van der Waals surface area contributed by atoms with E-state index in [1.165, 1.54) is 19.3 Å². The molecule has 1 saturated heterocycles. The molecule has 1 aromatic rings. The number of fused-ring (bicyclic) bond motifs is 1. The number of carbonyl (C=O) groups excluding carboxylic acids is 2. The normalized spacial score (nSPS) is 28.7. The fourth-order valence-electron chi connectivity index (χ4n) is 4.91. The number of esters is 1. The lowest BCUT2D eigenvalue weighted by atomic mass is 9.71. The van der Waals surface area contributed by atoms with Gasteiger partial charge in [0.05, 0.1) is 11.8 Å². The molecule has 0 bridgehead atoms. The number of carbonyl (C=O) groups is 2. The van der Waals surface area contributed by atoms with E-state index >= 15 is 0 Å². The van der Waals surface area contributed by atoms with Crippen molar-refractivity contribution < 1.29 is 14.3 Å². The van der Waals surface area contributed by atoms with E-state index in [0.717, 1.165) is 25.8 Å². The van der Waals surface area contributed by atoms with Crippen molar-refractivity contribution in [3.05, 3.63) is 41.4 Å². The van der Waals surface area contributed by atoms with Gasteiger partial charge in [0.15, 0.2) is 0 Å². The van der Waals surface area contributed by atoms with Gasteiger partial charge in [-0.2, -0.15) is 0 Å². The first-order valence-electron chi connectivity index (χ1n) is 10.1. The first kappa shape index (κ1) is 18.5.